The van der Waals surface area contributed by atoms with E-state index in [0.29, 0.717) is 28.7 Å². The zero-order chi connectivity index (χ0) is 16.1. The Kier molecular flexibility index (Phi) is 5.64. The molecule has 116 valence electrons. The first-order valence-electron chi connectivity index (χ1n) is 6.95. The summed E-state index contributed by atoms with van der Waals surface area (Å²) in [7, 11) is 0. The summed E-state index contributed by atoms with van der Waals surface area (Å²) in [4.78, 5) is 25.9. The van der Waals surface area contributed by atoms with Crippen LogP contribution in [0.25, 0.3) is 0 Å². The average molecular weight is 340 g/mol. The standard InChI is InChI=1S/C15H15Cl2N3O2/c16-10-4-5-12(11(17)9-10)19-15(22)13-3-1-2-8-20(13)14(21)6-7-18/h4-5,9,13H,1-3,6,8H2,(H,19,22). The largest absolute Gasteiger partial charge is 0.330 e. The Morgan fingerprint density at radius 2 is 2.14 bits per heavy atom. The van der Waals surface area contributed by atoms with E-state index in [1.807, 2.05) is 6.07 Å². The normalized spacial score (nSPS) is 17.7. The van der Waals surface area contributed by atoms with Gasteiger partial charge in [-0.3, -0.25) is 9.59 Å². The summed E-state index contributed by atoms with van der Waals surface area (Å²) in [5.74, 6) is -0.611. The van der Waals surface area contributed by atoms with E-state index in [0.717, 1.165) is 12.8 Å². The Morgan fingerprint density at radius 1 is 1.36 bits per heavy atom. The van der Waals surface area contributed by atoms with Crippen LogP contribution in [0.15, 0.2) is 18.2 Å². The number of nitrogens with one attached hydrogen (secondary N) is 1. The van der Waals surface area contributed by atoms with Crippen molar-refractivity contribution in [2.45, 2.75) is 31.7 Å². The van der Waals surface area contributed by atoms with Crippen LogP contribution in [0.3, 0.4) is 0 Å². The number of anilines is 1. The molecular weight excluding hydrogens is 325 g/mol. The van der Waals surface area contributed by atoms with E-state index < -0.39 is 6.04 Å². The molecule has 0 bridgehead atoms. The van der Waals surface area contributed by atoms with E-state index in [2.05, 4.69) is 5.32 Å². The minimum absolute atomic E-state index is 0.217. The lowest BCUT2D eigenvalue weighted by Crippen LogP contribution is -2.49. The van der Waals surface area contributed by atoms with Crippen LogP contribution in [-0.2, 0) is 9.59 Å². The summed E-state index contributed by atoms with van der Waals surface area (Å²) < 4.78 is 0. The van der Waals surface area contributed by atoms with Crippen molar-refractivity contribution in [1.82, 2.24) is 4.90 Å². The van der Waals surface area contributed by atoms with Crippen molar-refractivity contribution >= 4 is 40.7 Å². The third kappa shape index (κ3) is 3.90. The van der Waals surface area contributed by atoms with E-state index in [9.17, 15) is 9.59 Å². The molecular formula is C15H15Cl2N3O2. The molecule has 7 heteroatoms. The number of rotatable bonds is 3. The van der Waals surface area contributed by atoms with E-state index in [1.54, 1.807) is 12.1 Å². The molecule has 2 amide bonds. The fourth-order valence-corrected chi connectivity index (χ4v) is 2.93. The molecule has 0 saturated carbocycles. The van der Waals surface area contributed by atoms with Crippen molar-refractivity contribution in [1.29, 1.82) is 5.26 Å². The molecule has 2 rings (SSSR count). The SMILES string of the molecule is N#CCC(=O)N1CCCCC1C(=O)Nc1ccc(Cl)cc1Cl. The van der Waals surface area contributed by atoms with Gasteiger partial charge in [0.1, 0.15) is 12.5 Å². The van der Waals surface area contributed by atoms with Gasteiger partial charge in [-0.15, -0.1) is 0 Å². The number of halogens is 2. The Labute approximate surface area is 138 Å². The molecule has 1 fully saturated rings. The van der Waals surface area contributed by atoms with Gasteiger partial charge in [0.25, 0.3) is 0 Å². The third-order valence-corrected chi connectivity index (χ3v) is 4.09. The number of likely N-dealkylation sites (tertiary alicyclic amines) is 1. The highest BCUT2D eigenvalue weighted by molar-refractivity contribution is 6.36. The number of carbonyl (C=O) groups excluding carboxylic acids is 2. The van der Waals surface area contributed by atoms with Gasteiger partial charge in [-0.2, -0.15) is 5.26 Å². The quantitative estimate of drug-likeness (QED) is 0.918. The molecule has 1 aromatic rings. The van der Waals surface area contributed by atoms with Crippen LogP contribution < -0.4 is 5.32 Å². The van der Waals surface area contributed by atoms with E-state index >= 15 is 0 Å². The average Bonchev–Trinajstić information content (AvgIpc) is 2.50. The summed E-state index contributed by atoms with van der Waals surface area (Å²) in [5.41, 5.74) is 0.453. The Bertz CT molecular complexity index is 628. The predicted octanol–water partition coefficient (Wildman–Crippen LogP) is 3.23. The number of piperidine rings is 1. The number of benzene rings is 1. The van der Waals surface area contributed by atoms with E-state index in [-0.39, 0.29) is 18.2 Å². The van der Waals surface area contributed by atoms with Crippen molar-refractivity contribution in [3.05, 3.63) is 28.2 Å². The summed E-state index contributed by atoms with van der Waals surface area (Å²) in [6.07, 6.45) is 2.06. The number of hydrogen-bond acceptors (Lipinski definition) is 3. The molecule has 1 atom stereocenters. The first kappa shape index (κ1) is 16.6. The lowest BCUT2D eigenvalue weighted by Gasteiger charge is -2.34. The van der Waals surface area contributed by atoms with Gasteiger partial charge in [0, 0.05) is 11.6 Å². The zero-order valence-corrected chi connectivity index (χ0v) is 13.3. The third-order valence-electron chi connectivity index (χ3n) is 3.55. The van der Waals surface area contributed by atoms with Gasteiger partial charge in [-0.05, 0) is 37.5 Å². The highest BCUT2D eigenvalue weighted by Crippen LogP contribution is 2.27. The maximum absolute atomic E-state index is 12.4. The molecule has 5 nitrogen and oxygen atoms in total. The van der Waals surface area contributed by atoms with E-state index in [1.165, 1.54) is 11.0 Å². The Balaban J connectivity index is 2.12. The predicted molar refractivity (Wildman–Crippen MR) is 84.7 cm³/mol. The number of nitrogens with zero attached hydrogens (tertiary/aromatic N) is 2. The molecule has 0 radical (unpaired) electrons. The van der Waals surface area contributed by atoms with Crippen molar-refractivity contribution in [2.24, 2.45) is 0 Å². The molecule has 1 saturated heterocycles. The van der Waals surface area contributed by atoms with Crippen molar-refractivity contribution in [3.63, 3.8) is 0 Å². The molecule has 1 N–H and O–H groups in total. The van der Waals surface area contributed by atoms with Crippen molar-refractivity contribution in [3.8, 4) is 6.07 Å². The van der Waals surface area contributed by atoms with Gasteiger partial charge in [0.05, 0.1) is 16.8 Å². The van der Waals surface area contributed by atoms with Crippen molar-refractivity contribution in [2.75, 3.05) is 11.9 Å². The lowest BCUT2D eigenvalue weighted by molar-refractivity contribution is -0.139. The monoisotopic (exact) mass is 339 g/mol. The highest BCUT2D eigenvalue weighted by Gasteiger charge is 2.32. The first-order chi connectivity index (χ1) is 10.5. The van der Waals surface area contributed by atoms with Crippen LogP contribution in [-0.4, -0.2) is 29.3 Å². The number of nitriles is 1. The molecule has 22 heavy (non-hydrogen) atoms. The van der Waals surface area contributed by atoms with Gasteiger partial charge < -0.3 is 10.2 Å². The smallest absolute Gasteiger partial charge is 0.247 e. The minimum Gasteiger partial charge on any atom is -0.330 e. The van der Waals surface area contributed by atoms with Crippen LogP contribution in [0.5, 0.6) is 0 Å². The van der Waals surface area contributed by atoms with Crippen LogP contribution in [0.1, 0.15) is 25.7 Å². The fourth-order valence-electron chi connectivity index (χ4n) is 2.48. The zero-order valence-electron chi connectivity index (χ0n) is 11.8. The second kappa shape index (κ2) is 7.48. The maximum Gasteiger partial charge on any atom is 0.247 e. The van der Waals surface area contributed by atoms with Gasteiger partial charge in [-0.1, -0.05) is 23.2 Å². The molecule has 1 aliphatic heterocycles. The molecule has 1 heterocycles. The van der Waals surface area contributed by atoms with Crippen LogP contribution in [0.2, 0.25) is 10.0 Å². The highest BCUT2D eigenvalue weighted by atomic mass is 35.5. The molecule has 1 aromatic carbocycles. The molecule has 1 aliphatic rings. The Hall–Kier alpha value is -1.77. The van der Waals surface area contributed by atoms with Gasteiger partial charge in [-0.25, -0.2) is 0 Å². The lowest BCUT2D eigenvalue weighted by atomic mass is 10.0. The maximum atomic E-state index is 12.4. The molecule has 0 aromatic heterocycles. The number of carbonyl (C=O) groups is 2. The summed E-state index contributed by atoms with van der Waals surface area (Å²) >= 11 is 11.9. The van der Waals surface area contributed by atoms with Gasteiger partial charge >= 0.3 is 0 Å². The molecule has 0 aliphatic carbocycles. The number of hydrogen-bond donors (Lipinski definition) is 1. The summed E-state index contributed by atoms with van der Waals surface area (Å²) in [6.45, 7) is 0.493. The molecule has 1 unspecified atom stereocenters. The first-order valence-corrected chi connectivity index (χ1v) is 7.71. The van der Waals surface area contributed by atoms with Crippen molar-refractivity contribution < 1.29 is 9.59 Å². The second-order valence-electron chi connectivity index (χ2n) is 5.05. The van der Waals surface area contributed by atoms with E-state index in [4.69, 9.17) is 28.5 Å². The fraction of sp³-hybridized carbons (Fsp3) is 0.400. The van der Waals surface area contributed by atoms with Crippen LogP contribution >= 0.6 is 23.2 Å². The van der Waals surface area contributed by atoms with Crippen LogP contribution in [0, 0.1) is 11.3 Å². The minimum atomic E-state index is -0.568. The summed E-state index contributed by atoms with van der Waals surface area (Å²) in [6, 6.07) is 6.05. The Morgan fingerprint density at radius 3 is 2.82 bits per heavy atom. The second-order valence-corrected chi connectivity index (χ2v) is 5.89. The number of amides is 2. The molecule has 0 spiro atoms. The van der Waals surface area contributed by atoms with Gasteiger partial charge in [0.2, 0.25) is 11.8 Å². The topological polar surface area (TPSA) is 73.2 Å². The summed E-state index contributed by atoms with van der Waals surface area (Å²) in [5, 5.41) is 12.2. The van der Waals surface area contributed by atoms with Crippen LogP contribution in [0.4, 0.5) is 5.69 Å². The van der Waals surface area contributed by atoms with Gasteiger partial charge in [0.15, 0.2) is 0 Å².